The Bertz CT molecular complexity index is 533. The second-order valence-corrected chi connectivity index (χ2v) is 5.89. The van der Waals surface area contributed by atoms with E-state index in [0.717, 1.165) is 32.7 Å². The highest BCUT2D eigenvalue weighted by Gasteiger charge is 2.19. The Labute approximate surface area is 150 Å². The molecule has 1 atom stereocenters. The van der Waals surface area contributed by atoms with Gasteiger partial charge in [0.05, 0.1) is 19.8 Å². The molecular weight excluding hydrogens is 332 g/mol. The fraction of sp³-hybridized carbons (Fsp3) is 0.588. The van der Waals surface area contributed by atoms with Gasteiger partial charge in [0, 0.05) is 32.7 Å². The Morgan fingerprint density at radius 3 is 2.33 bits per heavy atom. The number of likely N-dealkylation sites (N-methyl/N-ethyl adjacent to an activating group) is 1. The smallest absolute Gasteiger partial charge is 0.338 e. The molecule has 1 fully saturated rings. The molecule has 1 aromatic carbocycles. The van der Waals surface area contributed by atoms with E-state index in [1.165, 1.54) is 0 Å². The molecule has 2 rings (SSSR count). The Morgan fingerprint density at radius 2 is 1.75 bits per heavy atom. The molecule has 1 saturated heterocycles. The summed E-state index contributed by atoms with van der Waals surface area (Å²) in [6.07, 6.45) is -0.154. The van der Waals surface area contributed by atoms with Gasteiger partial charge in [-0.15, -0.1) is 12.4 Å². The zero-order chi connectivity index (χ0) is 16.8. The van der Waals surface area contributed by atoms with E-state index in [1.54, 1.807) is 32.4 Å². The average Bonchev–Trinajstić information content (AvgIpc) is 2.56. The number of carbonyl (C=O) groups excluding carboxylic acids is 1. The lowest BCUT2D eigenvalue weighted by atomic mass is 10.2. The summed E-state index contributed by atoms with van der Waals surface area (Å²) in [7, 11) is 5.23. The number of halogens is 1. The Morgan fingerprint density at radius 1 is 1.12 bits per heavy atom. The zero-order valence-electron chi connectivity index (χ0n) is 14.8. The molecule has 1 aromatic rings. The van der Waals surface area contributed by atoms with Crippen molar-refractivity contribution in [1.29, 1.82) is 0 Å². The van der Waals surface area contributed by atoms with Crippen LogP contribution in [0.5, 0.6) is 11.5 Å². The van der Waals surface area contributed by atoms with Crippen molar-refractivity contribution in [1.82, 2.24) is 9.80 Å². The van der Waals surface area contributed by atoms with Gasteiger partial charge in [0.15, 0.2) is 11.5 Å². The first-order chi connectivity index (χ1) is 11.0. The van der Waals surface area contributed by atoms with Crippen molar-refractivity contribution in [3.63, 3.8) is 0 Å². The molecule has 0 spiro atoms. The number of hydrogen-bond acceptors (Lipinski definition) is 6. The van der Waals surface area contributed by atoms with E-state index in [1.807, 2.05) is 6.92 Å². The molecule has 6 nitrogen and oxygen atoms in total. The lowest BCUT2D eigenvalue weighted by Crippen LogP contribution is -2.47. The third-order valence-electron chi connectivity index (χ3n) is 4.04. The summed E-state index contributed by atoms with van der Waals surface area (Å²) in [5.41, 5.74) is 0.466. The van der Waals surface area contributed by atoms with Crippen LogP contribution in [0, 0.1) is 0 Å². The molecule has 0 bridgehead atoms. The Balaban J connectivity index is 0.00000288. The zero-order valence-corrected chi connectivity index (χ0v) is 15.6. The molecule has 24 heavy (non-hydrogen) atoms. The van der Waals surface area contributed by atoms with Gasteiger partial charge in [0.25, 0.3) is 0 Å². The fourth-order valence-electron chi connectivity index (χ4n) is 2.65. The van der Waals surface area contributed by atoms with Crippen LogP contribution in [-0.4, -0.2) is 75.9 Å². The maximum Gasteiger partial charge on any atom is 0.338 e. The van der Waals surface area contributed by atoms with Crippen LogP contribution in [-0.2, 0) is 4.74 Å². The van der Waals surface area contributed by atoms with Crippen molar-refractivity contribution < 1.29 is 19.0 Å². The number of methoxy groups -OCH3 is 2. The number of rotatable bonds is 6. The maximum absolute atomic E-state index is 12.3. The first kappa shape index (κ1) is 20.5. The van der Waals surface area contributed by atoms with Crippen LogP contribution in [0.4, 0.5) is 0 Å². The minimum Gasteiger partial charge on any atom is -0.493 e. The van der Waals surface area contributed by atoms with Crippen molar-refractivity contribution in [3.05, 3.63) is 23.8 Å². The second kappa shape index (κ2) is 9.71. The first-order valence-corrected chi connectivity index (χ1v) is 7.87. The van der Waals surface area contributed by atoms with E-state index in [9.17, 15) is 4.79 Å². The summed E-state index contributed by atoms with van der Waals surface area (Å²) < 4.78 is 15.9. The molecule has 0 N–H and O–H groups in total. The van der Waals surface area contributed by atoms with Crippen LogP contribution in [0.1, 0.15) is 17.3 Å². The summed E-state index contributed by atoms with van der Waals surface area (Å²) in [6, 6.07) is 5.04. The van der Waals surface area contributed by atoms with Crippen molar-refractivity contribution in [2.75, 3.05) is 54.0 Å². The van der Waals surface area contributed by atoms with E-state index in [2.05, 4.69) is 16.8 Å². The van der Waals surface area contributed by atoms with Gasteiger partial charge >= 0.3 is 5.97 Å². The van der Waals surface area contributed by atoms with Gasteiger partial charge in [-0.2, -0.15) is 0 Å². The number of nitrogens with zero attached hydrogens (tertiary/aromatic N) is 2. The van der Waals surface area contributed by atoms with Crippen LogP contribution in [0.25, 0.3) is 0 Å². The summed E-state index contributed by atoms with van der Waals surface area (Å²) in [5, 5.41) is 0. The van der Waals surface area contributed by atoms with Crippen molar-refractivity contribution >= 4 is 18.4 Å². The van der Waals surface area contributed by atoms with E-state index < -0.39 is 0 Å². The largest absolute Gasteiger partial charge is 0.493 e. The molecule has 136 valence electrons. The molecule has 7 heteroatoms. The van der Waals surface area contributed by atoms with Crippen LogP contribution >= 0.6 is 12.4 Å². The molecule has 0 aromatic heterocycles. The molecule has 1 aliphatic heterocycles. The third kappa shape index (κ3) is 5.54. The Hall–Kier alpha value is -1.50. The van der Waals surface area contributed by atoms with Crippen molar-refractivity contribution in [2.24, 2.45) is 0 Å². The molecule has 0 amide bonds. The SMILES string of the molecule is COc1ccc(C(=O)OC(C)CN2CCN(C)CC2)cc1OC.Cl. The third-order valence-corrected chi connectivity index (χ3v) is 4.04. The lowest BCUT2D eigenvalue weighted by molar-refractivity contribution is 0.0207. The normalized spacial score (nSPS) is 16.8. The number of ether oxygens (including phenoxy) is 3. The number of benzene rings is 1. The summed E-state index contributed by atoms with van der Waals surface area (Å²) in [6.45, 7) is 6.81. The highest BCUT2D eigenvalue weighted by Crippen LogP contribution is 2.27. The fourth-order valence-corrected chi connectivity index (χ4v) is 2.65. The summed E-state index contributed by atoms with van der Waals surface area (Å²) >= 11 is 0. The first-order valence-electron chi connectivity index (χ1n) is 7.87. The van der Waals surface area contributed by atoms with Crippen molar-refractivity contribution in [3.8, 4) is 11.5 Å². The van der Waals surface area contributed by atoms with E-state index in [4.69, 9.17) is 14.2 Å². The molecular formula is C17H27ClN2O4. The number of hydrogen-bond donors (Lipinski definition) is 0. The highest BCUT2D eigenvalue weighted by atomic mass is 35.5. The van der Waals surface area contributed by atoms with Crippen LogP contribution < -0.4 is 9.47 Å². The molecule has 1 aliphatic rings. The van der Waals surface area contributed by atoms with Gasteiger partial charge in [-0.1, -0.05) is 0 Å². The number of carbonyl (C=O) groups is 1. The molecule has 1 heterocycles. The molecule has 0 aliphatic carbocycles. The van der Waals surface area contributed by atoms with Gasteiger partial charge in [-0.25, -0.2) is 4.79 Å². The highest BCUT2D eigenvalue weighted by molar-refractivity contribution is 5.90. The predicted molar refractivity (Wildman–Crippen MR) is 95.6 cm³/mol. The van der Waals surface area contributed by atoms with Crippen molar-refractivity contribution in [2.45, 2.75) is 13.0 Å². The minimum absolute atomic E-state index is 0. The number of esters is 1. The van der Waals surface area contributed by atoms with E-state index in [0.29, 0.717) is 17.1 Å². The molecule has 0 radical (unpaired) electrons. The summed E-state index contributed by atoms with van der Waals surface area (Å²) in [4.78, 5) is 16.9. The minimum atomic E-state index is -0.340. The van der Waals surface area contributed by atoms with Gasteiger partial charge in [0.1, 0.15) is 6.10 Å². The monoisotopic (exact) mass is 358 g/mol. The molecule has 1 unspecified atom stereocenters. The average molecular weight is 359 g/mol. The van der Waals surface area contributed by atoms with Gasteiger partial charge in [0.2, 0.25) is 0 Å². The van der Waals surface area contributed by atoms with Gasteiger partial charge < -0.3 is 19.1 Å². The van der Waals surface area contributed by atoms with Gasteiger partial charge in [-0.05, 0) is 32.2 Å². The topological polar surface area (TPSA) is 51.2 Å². The van der Waals surface area contributed by atoms with E-state index >= 15 is 0 Å². The van der Waals surface area contributed by atoms with Crippen LogP contribution in [0.2, 0.25) is 0 Å². The van der Waals surface area contributed by atoms with Crippen LogP contribution in [0.15, 0.2) is 18.2 Å². The standard InChI is InChI=1S/C17H26N2O4.ClH/c1-13(12-19-9-7-18(2)8-10-19)23-17(20)14-5-6-15(21-3)16(11-14)22-4;/h5-6,11,13H,7-10,12H2,1-4H3;1H. The lowest BCUT2D eigenvalue weighted by Gasteiger charge is -2.33. The number of piperazine rings is 1. The Kier molecular flexibility index (Phi) is 8.31. The van der Waals surface area contributed by atoms with Crippen LogP contribution in [0.3, 0.4) is 0 Å². The summed E-state index contributed by atoms with van der Waals surface area (Å²) in [5.74, 6) is 0.774. The molecule has 0 saturated carbocycles. The second-order valence-electron chi connectivity index (χ2n) is 5.89. The van der Waals surface area contributed by atoms with Gasteiger partial charge in [-0.3, -0.25) is 4.90 Å². The van der Waals surface area contributed by atoms with E-state index in [-0.39, 0.29) is 24.5 Å². The quantitative estimate of drug-likeness (QED) is 0.724. The predicted octanol–water partition coefficient (Wildman–Crippen LogP) is 1.92. The maximum atomic E-state index is 12.3.